The van der Waals surface area contributed by atoms with Gasteiger partial charge in [-0.1, -0.05) is 75.4 Å². The van der Waals surface area contributed by atoms with E-state index in [1.54, 1.807) is 36.4 Å². The zero-order valence-electron chi connectivity index (χ0n) is 20.6. The molecule has 1 unspecified atom stereocenters. The maximum Gasteiger partial charge on any atom is 0.413 e. The molecule has 1 amide bonds. The first kappa shape index (κ1) is 27.7. The number of rotatable bonds is 8. The number of nitrogens with one attached hydrogen (secondary N) is 2. The molecule has 3 rings (SSSR count). The summed E-state index contributed by atoms with van der Waals surface area (Å²) in [6, 6.07) is 15.5. The number of halogens is 2. The molecule has 0 aliphatic heterocycles. The van der Waals surface area contributed by atoms with Crippen LogP contribution in [0, 0.1) is 5.41 Å². The minimum absolute atomic E-state index is 0.0188. The molecule has 1 atom stereocenters. The number of hydrogen-bond acceptors (Lipinski definition) is 5. The maximum atomic E-state index is 12.9. The number of carbonyl (C=O) groups excluding carboxylic acids is 1. The number of aliphatic carboxylic acids is 1. The smallest absolute Gasteiger partial charge is 0.413 e. The Bertz CT molecular complexity index is 1240. The molecule has 1 heterocycles. The number of nitrogens with zero attached hydrogens (tertiary/aromatic N) is 2. The molecule has 3 aromatic rings. The lowest BCUT2D eigenvalue weighted by Gasteiger charge is -2.37. The Morgan fingerprint density at radius 3 is 2.27 bits per heavy atom. The number of hydrogen-bond donors (Lipinski definition) is 3. The van der Waals surface area contributed by atoms with Crippen molar-refractivity contribution in [3.63, 3.8) is 0 Å². The average molecular weight is 531 g/mol. The SMILES string of the molecule is CC(C)(C)CC(NC(=S)NC(=O)OCc1ccccc1)(C(=O)O)c1ccc(-c2cnn(C(F)F)c2)cc1. The number of thiocarbonyl (C=S) groups is 1. The second-order valence-electron chi connectivity index (χ2n) is 9.65. The highest BCUT2D eigenvalue weighted by atomic mass is 32.1. The summed E-state index contributed by atoms with van der Waals surface area (Å²) < 4.78 is 31.5. The van der Waals surface area contributed by atoms with Gasteiger partial charge in [-0.3, -0.25) is 5.32 Å². The number of carbonyl (C=O) groups is 2. The molecular formula is C26H28F2N4O4S. The highest BCUT2D eigenvalue weighted by Gasteiger charge is 2.44. The van der Waals surface area contributed by atoms with Gasteiger partial charge >= 0.3 is 18.6 Å². The lowest BCUT2D eigenvalue weighted by atomic mass is 9.75. The van der Waals surface area contributed by atoms with Gasteiger partial charge in [-0.05, 0) is 40.7 Å². The van der Waals surface area contributed by atoms with Crippen LogP contribution in [0.1, 0.15) is 44.9 Å². The molecule has 0 fully saturated rings. The van der Waals surface area contributed by atoms with Gasteiger partial charge in [-0.25, -0.2) is 14.3 Å². The Kier molecular flexibility index (Phi) is 8.59. The summed E-state index contributed by atoms with van der Waals surface area (Å²) in [6.45, 7) is 2.89. The van der Waals surface area contributed by atoms with E-state index in [-0.39, 0.29) is 18.1 Å². The maximum absolute atomic E-state index is 12.9. The lowest BCUT2D eigenvalue weighted by Crippen LogP contribution is -2.57. The number of aromatic nitrogens is 2. The standard InChI is InChI=1S/C26H28F2N4O4S/c1-25(2,3)16-26(21(33)34,31-23(37)30-24(35)36-15-17-7-5-4-6-8-17)20-11-9-18(10-12-20)19-13-29-32(14-19)22(27)28/h4-14,22H,15-16H2,1-3H3,(H,33,34)(H2,30,31,35,37). The molecule has 0 aliphatic rings. The average Bonchev–Trinajstić information content (AvgIpc) is 3.33. The van der Waals surface area contributed by atoms with Gasteiger partial charge in [0.15, 0.2) is 10.7 Å². The van der Waals surface area contributed by atoms with E-state index in [1.165, 1.54) is 12.4 Å². The van der Waals surface area contributed by atoms with Crippen molar-refractivity contribution in [3.05, 3.63) is 78.1 Å². The largest absolute Gasteiger partial charge is 0.479 e. The molecule has 0 aliphatic carbocycles. The Morgan fingerprint density at radius 2 is 1.73 bits per heavy atom. The number of amides is 1. The first-order valence-corrected chi connectivity index (χ1v) is 11.8. The number of carboxylic acids is 1. The molecule has 8 nitrogen and oxygen atoms in total. The predicted molar refractivity (Wildman–Crippen MR) is 138 cm³/mol. The van der Waals surface area contributed by atoms with Crippen LogP contribution in [0.4, 0.5) is 13.6 Å². The lowest BCUT2D eigenvalue weighted by molar-refractivity contribution is -0.146. The summed E-state index contributed by atoms with van der Waals surface area (Å²) >= 11 is 5.28. The third kappa shape index (κ3) is 7.32. The Hall–Kier alpha value is -3.86. The van der Waals surface area contributed by atoms with Crippen molar-refractivity contribution in [2.45, 2.75) is 45.9 Å². The topological polar surface area (TPSA) is 105 Å². The molecule has 1 aromatic heterocycles. The van der Waals surface area contributed by atoms with E-state index in [1.807, 2.05) is 39.0 Å². The van der Waals surface area contributed by atoms with Gasteiger partial charge in [0.25, 0.3) is 0 Å². The van der Waals surface area contributed by atoms with Crippen LogP contribution in [-0.2, 0) is 21.7 Å². The molecule has 0 spiro atoms. The van der Waals surface area contributed by atoms with E-state index in [4.69, 9.17) is 17.0 Å². The molecular weight excluding hydrogens is 502 g/mol. The number of ether oxygens (including phenoxy) is 1. The van der Waals surface area contributed by atoms with Crippen molar-refractivity contribution in [3.8, 4) is 11.1 Å². The summed E-state index contributed by atoms with van der Waals surface area (Å²) in [6.07, 6.45) is 1.79. The van der Waals surface area contributed by atoms with Crippen molar-refractivity contribution in [2.75, 3.05) is 0 Å². The van der Waals surface area contributed by atoms with Crippen molar-refractivity contribution >= 4 is 29.4 Å². The van der Waals surface area contributed by atoms with E-state index in [9.17, 15) is 23.5 Å². The Morgan fingerprint density at radius 1 is 1.08 bits per heavy atom. The van der Waals surface area contributed by atoms with Crippen LogP contribution in [0.3, 0.4) is 0 Å². The van der Waals surface area contributed by atoms with Gasteiger partial charge in [0, 0.05) is 11.8 Å². The molecule has 3 N–H and O–H groups in total. The van der Waals surface area contributed by atoms with Crippen LogP contribution >= 0.6 is 12.2 Å². The Balaban J connectivity index is 1.82. The van der Waals surface area contributed by atoms with E-state index in [0.29, 0.717) is 21.4 Å². The van der Waals surface area contributed by atoms with Crippen LogP contribution in [0.15, 0.2) is 67.0 Å². The molecule has 196 valence electrons. The monoisotopic (exact) mass is 530 g/mol. The van der Waals surface area contributed by atoms with Crippen LogP contribution in [0.2, 0.25) is 0 Å². The van der Waals surface area contributed by atoms with Gasteiger partial charge in [-0.15, -0.1) is 0 Å². The first-order chi connectivity index (χ1) is 17.4. The van der Waals surface area contributed by atoms with E-state index < -0.39 is 29.6 Å². The highest BCUT2D eigenvalue weighted by Crippen LogP contribution is 2.36. The van der Waals surface area contributed by atoms with Crippen molar-refractivity contribution in [2.24, 2.45) is 5.41 Å². The summed E-state index contributed by atoms with van der Waals surface area (Å²) in [7, 11) is 0. The van der Waals surface area contributed by atoms with Gasteiger partial charge in [0.1, 0.15) is 6.61 Å². The minimum atomic E-state index is -2.77. The number of carboxylic acid groups (broad SMARTS) is 1. The summed E-state index contributed by atoms with van der Waals surface area (Å²) in [4.78, 5) is 25.0. The minimum Gasteiger partial charge on any atom is -0.479 e. The fourth-order valence-electron chi connectivity index (χ4n) is 3.88. The third-order valence-electron chi connectivity index (χ3n) is 5.43. The fourth-order valence-corrected chi connectivity index (χ4v) is 4.14. The summed E-state index contributed by atoms with van der Waals surface area (Å²) in [5, 5.41) is 19.0. The molecule has 0 bridgehead atoms. The van der Waals surface area contributed by atoms with E-state index >= 15 is 0 Å². The number of alkyl halides is 2. The highest BCUT2D eigenvalue weighted by molar-refractivity contribution is 7.80. The molecule has 11 heteroatoms. The molecule has 2 aromatic carbocycles. The van der Waals surface area contributed by atoms with E-state index in [0.717, 1.165) is 5.56 Å². The quantitative estimate of drug-likeness (QED) is 0.332. The van der Waals surface area contributed by atoms with Crippen molar-refractivity contribution < 1.29 is 28.2 Å². The van der Waals surface area contributed by atoms with Gasteiger partial charge in [0.05, 0.1) is 6.20 Å². The van der Waals surface area contributed by atoms with Gasteiger partial charge in [-0.2, -0.15) is 13.9 Å². The zero-order valence-corrected chi connectivity index (χ0v) is 21.4. The molecule has 0 saturated heterocycles. The zero-order chi connectivity index (χ0) is 27.2. The normalized spacial score (nSPS) is 13.0. The predicted octanol–water partition coefficient (Wildman–Crippen LogP) is 5.46. The molecule has 0 radical (unpaired) electrons. The summed E-state index contributed by atoms with van der Waals surface area (Å²) in [5.74, 6) is -1.21. The van der Waals surface area contributed by atoms with Crippen molar-refractivity contribution in [1.29, 1.82) is 0 Å². The second-order valence-corrected chi connectivity index (χ2v) is 10.1. The number of benzene rings is 2. The second kappa shape index (κ2) is 11.5. The van der Waals surface area contributed by atoms with Gasteiger partial charge in [0.2, 0.25) is 0 Å². The van der Waals surface area contributed by atoms with Crippen LogP contribution in [0.5, 0.6) is 0 Å². The fraction of sp³-hybridized carbons (Fsp3) is 0.308. The Labute approximate surface area is 218 Å². The third-order valence-corrected chi connectivity index (χ3v) is 5.63. The first-order valence-electron chi connectivity index (χ1n) is 11.4. The summed E-state index contributed by atoms with van der Waals surface area (Å²) in [5.41, 5.74) is 0.00967. The number of alkyl carbamates (subject to hydrolysis) is 1. The van der Waals surface area contributed by atoms with Crippen LogP contribution in [0.25, 0.3) is 11.1 Å². The van der Waals surface area contributed by atoms with Crippen molar-refractivity contribution in [1.82, 2.24) is 20.4 Å². The van der Waals surface area contributed by atoms with E-state index in [2.05, 4.69) is 15.7 Å². The van der Waals surface area contributed by atoms with Crippen LogP contribution in [-0.4, -0.2) is 32.1 Å². The van der Waals surface area contributed by atoms with Crippen LogP contribution < -0.4 is 10.6 Å². The molecule has 37 heavy (non-hydrogen) atoms. The molecule has 0 saturated carbocycles. The van der Waals surface area contributed by atoms with Gasteiger partial charge < -0.3 is 15.2 Å².